The Bertz CT molecular complexity index is 1740. The molecule has 0 bridgehead atoms. The maximum absolute atomic E-state index is 12.4. The number of aliphatic imine (C=N–C) groups is 1. The molecule has 1 N–H and O–H groups in total. The zero-order valence-electron chi connectivity index (χ0n) is 21.9. The van der Waals surface area contributed by atoms with Gasteiger partial charge in [-0.2, -0.15) is 9.98 Å². The van der Waals surface area contributed by atoms with Gasteiger partial charge in [-0.05, 0) is 36.4 Å². The highest BCUT2D eigenvalue weighted by Gasteiger charge is 2.33. The molecule has 0 fully saturated rings. The maximum atomic E-state index is 12.4. The van der Waals surface area contributed by atoms with E-state index >= 15 is 0 Å². The Morgan fingerprint density at radius 1 is 1.00 bits per heavy atom. The molecular formula is C28H23ClN8O3S. The summed E-state index contributed by atoms with van der Waals surface area (Å²) in [6, 6.07) is 27.9. The molecule has 1 aliphatic rings. The zero-order valence-corrected chi connectivity index (χ0v) is 23.5. The van der Waals surface area contributed by atoms with Crippen molar-refractivity contribution in [2.75, 3.05) is 18.2 Å². The van der Waals surface area contributed by atoms with E-state index in [1.165, 1.54) is 6.20 Å². The number of hydrogen-bond donors (Lipinski definition) is 1. The van der Waals surface area contributed by atoms with Crippen LogP contribution in [0.3, 0.4) is 0 Å². The van der Waals surface area contributed by atoms with Crippen molar-refractivity contribution >= 4 is 44.8 Å². The van der Waals surface area contributed by atoms with Gasteiger partial charge in [0.25, 0.3) is 5.88 Å². The van der Waals surface area contributed by atoms with Crippen LogP contribution in [0, 0.1) is 11.3 Å². The van der Waals surface area contributed by atoms with Gasteiger partial charge in [-0.25, -0.2) is 13.4 Å². The first-order chi connectivity index (χ1) is 19.7. The predicted molar refractivity (Wildman–Crippen MR) is 156 cm³/mol. The summed E-state index contributed by atoms with van der Waals surface area (Å²) in [5.41, 5.74) is 2.75. The van der Waals surface area contributed by atoms with Gasteiger partial charge < -0.3 is 9.42 Å². The van der Waals surface area contributed by atoms with E-state index in [1.807, 2.05) is 71.6 Å². The third-order valence-electron chi connectivity index (χ3n) is 6.01. The lowest BCUT2D eigenvalue weighted by Gasteiger charge is -2.38. The molecule has 0 saturated heterocycles. The summed E-state index contributed by atoms with van der Waals surface area (Å²) >= 11 is 5.97. The second-order valence-corrected chi connectivity index (χ2v) is 11.1. The van der Waals surface area contributed by atoms with Crippen molar-refractivity contribution in [3.8, 4) is 17.3 Å². The Labute approximate surface area is 241 Å². The smallest absolute Gasteiger partial charge is 0.287 e. The van der Waals surface area contributed by atoms with Crippen LogP contribution in [0.4, 0.5) is 17.3 Å². The average molecular weight is 587 g/mol. The van der Waals surface area contributed by atoms with Gasteiger partial charge in [0.05, 0.1) is 12.5 Å². The summed E-state index contributed by atoms with van der Waals surface area (Å²) in [7, 11) is -2.01. The molecule has 1 unspecified atom stereocenters. The van der Waals surface area contributed by atoms with E-state index in [4.69, 9.17) is 16.1 Å². The van der Waals surface area contributed by atoms with Crippen LogP contribution in [-0.2, 0) is 10.0 Å². The number of guanidine groups is 1. The number of azo groups is 1. The van der Waals surface area contributed by atoms with Gasteiger partial charge in [-0.3, -0.25) is 4.90 Å². The van der Waals surface area contributed by atoms with Crippen LogP contribution in [-0.4, -0.2) is 43.9 Å². The predicted octanol–water partition coefficient (Wildman–Crippen LogP) is 5.81. The summed E-state index contributed by atoms with van der Waals surface area (Å²) < 4.78 is 32.7. The van der Waals surface area contributed by atoms with Gasteiger partial charge in [0.2, 0.25) is 16.0 Å². The molecule has 3 aromatic carbocycles. The van der Waals surface area contributed by atoms with Gasteiger partial charge >= 0.3 is 0 Å². The highest BCUT2D eigenvalue weighted by molar-refractivity contribution is 7.88. The van der Waals surface area contributed by atoms with Crippen LogP contribution in [0.5, 0.6) is 0 Å². The van der Waals surface area contributed by atoms with E-state index in [9.17, 15) is 13.7 Å². The van der Waals surface area contributed by atoms with Crippen LogP contribution in [0.2, 0.25) is 5.02 Å². The van der Waals surface area contributed by atoms with Gasteiger partial charge in [-0.1, -0.05) is 65.3 Å². The molecule has 2 heterocycles. The molecule has 0 amide bonds. The fourth-order valence-corrected chi connectivity index (χ4v) is 4.94. The first-order valence-electron chi connectivity index (χ1n) is 12.2. The lowest BCUT2D eigenvalue weighted by atomic mass is 10.1. The Morgan fingerprint density at radius 3 is 2.17 bits per heavy atom. The first kappa shape index (κ1) is 27.7. The standard InChI is InChI=1S/C28H23ClN8O3S/c1-36-26(35-41(2,38)39)24(32-33-27-23(17-30)25(34-40-27)19-13-15-20(29)16-14-19)18-31-28(36)37(21-9-5-3-6-10-21)22-11-7-4-8-12-22/h3-16,18,26,35H,1-2H3. The van der Waals surface area contributed by atoms with Crippen molar-refractivity contribution in [2.24, 2.45) is 15.2 Å². The number of aromatic nitrogens is 1. The molecule has 1 atom stereocenters. The number of hydrogen-bond acceptors (Lipinski definition) is 10. The van der Waals surface area contributed by atoms with E-state index in [0.29, 0.717) is 16.5 Å². The van der Waals surface area contributed by atoms with E-state index in [2.05, 4.69) is 25.1 Å². The quantitative estimate of drug-likeness (QED) is 0.270. The van der Waals surface area contributed by atoms with Crippen LogP contribution < -0.4 is 9.62 Å². The van der Waals surface area contributed by atoms with Crippen molar-refractivity contribution in [3.63, 3.8) is 0 Å². The number of nitrogens with one attached hydrogen (secondary N) is 1. The molecule has 4 aromatic rings. The summed E-state index contributed by atoms with van der Waals surface area (Å²) in [6.07, 6.45) is 1.49. The second-order valence-electron chi connectivity index (χ2n) is 8.92. The molecule has 0 aliphatic carbocycles. The highest BCUT2D eigenvalue weighted by Crippen LogP contribution is 2.33. The third-order valence-corrected chi connectivity index (χ3v) is 6.91. The minimum absolute atomic E-state index is 0.0666. The lowest BCUT2D eigenvalue weighted by molar-refractivity contribution is 0.371. The number of likely N-dealkylation sites (N-methyl/N-ethyl adjacent to an activating group) is 1. The number of halogens is 1. The topological polar surface area (TPSA) is 140 Å². The number of rotatable bonds is 7. The molecule has 1 aromatic heterocycles. The van der Waals surface area contributed by atoms with Crippen LogP contribution in [0.15, 0.2) is 117 Å². The molecule has 0 saturated carbocycles. The fraction of sp³-hybridized carbons (Fsp3) is 0.107. The molecular weight excluding hydrogens is 564 g/mol. The van der Waals surface area contributed by atoms with Gasteiger partial charge in [0.15, 0.2) is 0 Å². The fourth-order valence-electron chi connectivity index (χ4n) is 4.13. The first-order valence-corrected chi connectivity index (χ1v) is 14.5. The minimum atomic E-state index is -3.71. The van der Waals surface area contributed by atoms with Gasteiger partial charge in [-0.15, -0.1) is 10.2 Å². The van der Waals surface area contributed by atoms with E-state index < -0.39 is 16.2 Å². The van der Waals surface area contributed by atoms with Crippen molar-refractivity contribution in [1.29, 1.82) is 5.26 Å². The van der Waals surface area contributed by atoms with Crippen molar-refractivity contribution < 1.29 is 12.9 Å². The van der Waals surface area contributed by atoms with E-state index in [0.717, 1.165) is 17.6 Å². The monoisotopic (exact) mass is 586 g/mol. The normalized spacial score (nSPS) is 15.4. The number of benzene rings is 3. The van der Waals surface area contributed by atoms with Crippen LogP contribution >= 0.6 is 11.6 Å². The molecule has 206 valence electrons. The summed E-state index contributed by atoms with van der Waals surface area (Å²) in [6.45, 7) is 0. The Hall–Kier alpha value is -4.83. The van der Waals surface area contributed by atoms with Crippen LogP contribution in [0.1, 0.15) is 5.56 Å². The van der Waals surface area contributed by atoms with Gasteiger partial charge in [0.1, 0.15) is 29.2 Å². The Kier molecular flexibility index (Phi) is 7.93. The summed E-state index contributed by atoms with van der Waals surface area (Å²) in [5, 5.41) is 22.6. The Balaban J connectivity index is 1.56. The van der Waals surface area contributed by atoms with Crippen molar-refractivity contribution in [1.82, 2.24) is 14.8 Å². The second kappa shape index (κ2) is 11.7. The molecule has 0 radical (unpaired) electrons. The van der Waals surface area contributed by atoms with Gasteiger partial charge in [0, 0.05) is 29.0 Å². The molecule has 13 heteroatoms. The zero-order chi connectivity index (χ0) is 29.0. The largest absolute Gasteiger partial charge is 0.333 e. The Morgan fingerprint density at radius 2 is 1.61 bits per heavy atom. The molecule has 1 aliphatic heterocycles. The molecule has 41 heavy (non-hydrogen) atoms. The molecule has 0 spiro atoms. The van der Waals surface area contributed by atoms with Crippen molar-refractivity contribution in [2.45, 2.75) is 6.17 Å². The summed E-state index contributed by atoms with van der Waals surface area (Å²) in [4.78, 5) is 8.17. The van der Waals surface area contributed by atoms with Crippen LogP contribution in [0.25, 0.3) is 11.3 Å². The maximum Gasteiger partial charge on any atom is 0.287 e. The lowest BCUT2D eigenvalue weighted by Crippen LogP contribution is -2.54. The van der Waals surface area contributed by atoms with E-state index in [1.54, 1.807) is 36.2 Å². The third kappa shape index (κ3) is 6.17. The number of para-hydroxylation sites is 2. The SMILES string of the molecule is CN1C(N(c2ccccc2)c2ccccc2)=NC=C(N=Nc2onc(-c3ccc(Cl)cc3)c2C#N)C1NS(C)(=O)=O. The van der Waals surface area contributed by atoms with E-state index in [-0.39, 0.29) is 22.8 Å². The molecule has 5 rings (SSSR count). The average Bonchev–Trinajstić information content (AvgIpc) is 3.38. The summed E-state index contributed by atoms with van der Waals surface area (Å²) in [5.74, 6) is 0.300. The number of nitriles is 1. The number of sulfonamides is 1. The molecule has 11 nitrogen and oxygen atoms in total. The van der Waals surface area contributed by atoms with Crippen molar-refractivity contribution in [3.05, 3.63) is 107 Å². The minimum Gasteiger partial charge on any atom is -0.333 e. The highest BCUT2D eigenvalue weighted by atomic mass is 35.5. The number of anilines is 2. The number of nitrogens with zero attached hydrogens (tertiary/aromatic N) is 7.